The number of hydrogen-bond acceptors (Lipinski definition) is 5. The van der Waals surface area contributed by atoms with Crippen LogP contribution in [-0.2, 0) is 16.6 Å². The molecule has 1 aromatic heterocycles. The molecule has 0 aliphatic carbocycles. The van der Waals surface area contributed by atoms with Crippen LogP contribution in [0.4, 0.5) is 14.5 Å². The minimum absolute atomic E-state index is 0.0651. The normalized spacial score (nSPS) is 15.9. The highest BCUT2D eigenvalue weighted by molar-refractivity contribution is 7.93. The van der Waals surface area contributed by atoms with E-state index in [-0.39, 0.29) is 16.8 Å². The Morgan fingerprint density at radius 3 is 2.33 bits per heavy atom. The number of aromatic nitrogens is 1. The number of hydrogen-bond donors (Lipinski definition) is 1. The number of piperazine rings is 1. The van der Waals surface area contributed by atoms with Crippen molar-refractivity contribution in [2.75, 3.05) is 24.4 Å². The maximum Gasteiger partial charge on any atom is 0.264 e. The Morgan fingerprint density at radius 1 is 0.860 bits per heavy atom. The van der Waals surface area contributed by atoms with E-state index < -0.39 is 21.7 Å². The fourth-order valence-electron chi connectivity index (χ4n) is 5.50. The van der Waals surface area contributed by atoms with Crippen molar-refractivity contribution in [3.05, 3.63) is 138 Å². The number of carbonyl (C=O) groups excluding carboxylic acids is 1. The second-order valence-electron chi connectivity index (χ2n) is 10.5. The SMILES string of the molecule is O=C(c1ccc(NS(=O)(=O)c2cccc3cccnc23)cc1)N1CCN(Cc2cc(F)cc(F)c2)C[C@@H]1c1ccccc1. The van der Waals surface area contributed by atoms with Crippen LogP contribution in [0.5, 0.6) is 0 Å². The lowest BCUT2D eigenvalue weighted by Gasteiger charge is -2.42. The predicted molar refractivity (Wildman–Crippen MR) is 161 cm³/mol. The second kappa shape index (κ2) is 11.9. The Balaban J connectivity index is 1.20. The van der Waals surface area contributed by atoms with Crippen LogP contribution in [0.2, 0.25) is 0 Å². The fourth-order valence-corrected chi connectivity index (χ4v) is 6.74. The number of anilines is 1. The van der Waals surface area contributed by atoms with Crippen LogP contribution in [0.1, 0.15) is 27.5 Å². The highest BCUT2D eigenvalue weighted by atomic mass is 32.2. The third kappa shape index (κ3) is 6.25. The number of amides is 1. The van der Waals surface area contributed by atoms with Gasteiger partial charge in [0.1, 0.15) is 16.5 Å². The molecule has 1 atom stereocenters. The van der Waals surface area contributed by atoms with Crippen LogP contribution in [-0.4, -0.2) is 48.7 Å². The molecule has 1 saturated heterocycles. The summed E-state index contributed by atoms with van der Waals surface area (Å²) >= 11 is 0. The number of carbonyl (C=O) groups is 1. The van der Waals surface area contributed by atoms with Crippen LogP contribution in [0.15, 0.2) is 114 Å². The van der Waals surface area contributed by atoms with Crippen molar-refractivity contribution >= 4 is 32.5 Å². The molecule has 0 spiro atoms. The summed E-state index contributed by atoms with van der Waals surface area (Å²) in [5.41, 5.74) is 2.57. The Kier molecular flexibility index (Phi) is 7.88. The minimum Gasteiger partial charge on any atom is -0.329 e. The van der Waals surface area contributed by atoms with Gasteiger partial charge in [0.15, 0.2) is 0 Å². The van der Waals surface area contributed by atoms with E-state index in [1.54, 1.807) is 59.6 Å². The van der Waals surface area contributed by atoms with Crippen molar-refractivity contribution in [3.63, 3.8) is 0 Å². The summed E-state index contributed by atoms with van der Waals surface area (Å²) in [5.74, 6) is -1.44. The van der Waals surface area contributed by atoms with Crippen molar-refractivity contribution in [2.45, 2.75) is 17.5 Å². The number of halogens is 2. The van der Waals surface area contributed by atoms with Gasteiger partial charge in [-0.15, -0.1) is 0 Å². The molecule has 2 heterocycles. The molecule has 0 bridgehead atoms. The number of pyridine rings is 1. The minimum atomic E-state index is -3.94. The maximum atomic E-state index is 13.8. The zero-order valence-electron chi connectivity index (χ0n) is 23.0. The number of para-hydroxylation sites is 1. The first kappa shape index (κ1) is 28.4. The summed E-state index contributed by atoms with van der Waals surface area (Å²) < 4.78 is 56.6. The van der Waals surface area contributed by atoms with Gasteiger partial charge >= 0.3 is 0 Å². The quantitative estimate of drug-likeness (QED) is 0.248. The first-order valence-corrected chi connectivity index (χ1v) is 15.2. The summed E-state index contributed by atoms with van der Waals surface area (Å²) in [5, 5.41) is 0.711. The number of rotatable bonds is 7. The largest absolute Gasteiger partial charge is 0.329 e. The summed E-state index contributed by atoms with van der Waals surface area (Å²) in [6.45, 7) is 1.74. The molecular formula is C33H28F2N4O3S. The molecule has 5 aromatic rings. The first-order valence-electron chi connectivity index (χ1n) is 13.8. The molecule has 6 rings (SSSR count). The first-order chi connectivity index (χ1) is 20.8. The van der Waals surface area contributed by atoms with E-state index in [4.69, 9.17) is 0 Å². The van der Waals surface area contributed by atoms with E-state index in [2.05, 4.69) is 14.6 Å². The molecule has 7 nitrogen and oxygen atoms in total. The molecular weight excluding hydrogens is 570 g/mol. The standard InChI is InChI=1S/C33H28F2N4O3S/c34-27-18-23(19-28(35)20-27)21-38-16-17-39(30(22-38)24-6-2-1-3-7-24)33(40)26-11-13-29(14-12-26)37-43(41,42)31-10-4-8-25-9-5-15-36-32(25)31/h1-15,18-20,30,37H,16-17,21-22H2/t30-/m1/s1. The number of fused-ring (bicyclic) bond motifs is 1. The van der Waals surface area contributed by atoms with Gasteiger partial charge in [-0.3, -0.25) is 19.4 Å². The fraction of sp³-hybridized carbons (Fsp3) is 0.152. The summed E-state index contributed by atoms with van der Waals surface area (Å²) in [6.07, 6.45) is 1.55. The predicted octanol–water partition coefficient (Wildman–Crippen LogP) is 6.01. The zero-order chi connectivity index (χ0) is 30.0. The van der Waals surface area contributed by atoms with E-state index in [9.17, 15) is 22.0 Å². The summed E-state index contributed by atoms with van der Waals surface area (Å²) in [7, 11) is -3.94. The average molecular weight is 599 g/mol. The maximum absolute atomic E-state index is 13.8. The van der Waals surface area contributed by atoms with Crippen molar-refractivity contribution < 1.29 is 22.0 Å². The number of benzene rings is 4. The molecule has 43 heavy (non-hydrogen) atoms. The van der Waals surface area contributed by atoms with Gasteiger partial charge < -0.3 is 4.90 Å². The Hall–Kier alpha value is -4.67. The topological polar surface area (TPSA) is 82.6 Å². The van der Waals surface area contributed by atoms with Gasteiger partial charge in [0.2, 0.25) is 0 Å². The Bertz CT molecular complexity index is 1860. The molecule has 1 aliphatic heterocycles. The third-order valence-electron chi connectivity index (χ3n) is 7.51. The van der Waals surface area contributed by atoms with Gasteiger partial charge in [-0.1, -0.05) is 48.5 Å². The van der Waals surface area contributed by atoms with Gasteiger partial charge in [0, 0.05) is 55.1 Å². The van der Waals surface area contributed by atoms with Gasteiger partial charge in [0.05, 0.1) is 11.6 Å². The summed E-state index contributed by atoms with van der Waals surface area (Å²) in [6, 6.07) is 27.7. The van der Waals surface area contributed by atoms with Crippen LogP contribution in [0.25, 0.3) is 10.9 Å². The van der Waals surface area contributed by atoms with E-state index in [1.807, 2.05) is 30.3 Å². The molecule has 1 fully saturated rings. The highest BCUT2D eigenvalue weighted by Crippen LogP contribution is 2.29. The molecule has 0 saturated carbocycles. The smallest absolute Gasteiger partial charge is 0.264 e. The van der Waals surface area contributed by atoms with Crippen molar-refractivity contribution in [3.8, 4) is 0 Å². The molecule has 4 aromatic carbocycles. The van der Waals surface area contributed by atoms with Gasteiger partial charge in [-0.2, -0.15) is 0 Å². The van der Waals surface area contributed by atoms with Crippen LogP contribution >= 0.6 is 0 Å². The Morgan fingerprint density at radius 2 is 1.58 bits per heavy atom. The highest BCUT2D eigenvalue weighted by Gasteiger charge is 2.32. The Labute approximate surface area is 248 Å². The lowest BCUT2D eigenvalue weighted by atomic mass is 10.0. The average Bonchev–Trinajstić information content (AvgIpc) is 3.00. The summed E-state index contributed by atoms with van der Waals surface area (Å²) in [4.78, 5) is 21.9. The van der Waals surface area contributed by atoms with Crippen LogP contribution in [0.3, 0.4) is 0 Å². The molecule has 10 heteroatoms. The van der Waals surface area contributed by atoms with Crippen molar-refractivity contribution in [1.29, 1.82) is 0 Å². The molecule has 1 aliphatic rings. The van der Waals surface area contributed by atoms with E-state index in [0.717, 1.165) is 11.6 Å². The number of sulfonamides is 1. The van der Waals surface area contributed by atoms with E-state index in [1.165, 1.54) is 18.2 Å². The molecule has 1 N–H and O–H groups in total. The zero-order valence-corrected chi connectivity index (χ0v) is 23.8. The van der Waals surface area contributed by atoms with Gasteiger partial charge in [0.25, 0.3) is 15.9 Å². The molecule has 218 valence electrons. The van der Waals surface area contributed by atoms with Gasteiger partial charge in [-0.25, -0.2) is 17.2 Å². The van der Waals surface area contributed by atoms with Crippen LogP contribution < -0.4 is 4.72 Å². The monoisotopic (exact) mass is 598 g/mol. The molecule has 1 amide bonds. The number of nitrogens with zero attached hydrogens (tertiary/aromatic N) is 3. The van der Waals surface area contributed by atoms with Crippen molar-refractivity contribution in [1.82, 2.24) is 14.8 Å². The second-order valence-corrected chi connectivity index (χ2v) is 12.1. The molecule has 0 radical (unpaired) electrons. The lowest BCUT2D eigenvalue weighted by Crippen LogP contribution is -2.50. The van der Waals surface area contributed by atoms with Crippen LogP contribution in [0, 0.1) is 11.6 Å². The molecule has 0 unspecified atom stereocenters. The third-order valence-corrected chi connectivity index (χ3v) is 8.92. The number of nitrogens with one attached hydrogen (secondary N) is 1. The van der Waals surface area contributed by atoms with E-state index in [0.29, 0.717) is 53.9 Å². The van der Waals surface area contributed by atoms with E-state index >= 15 is 0 Å². The van der Waals surface area contributed by atoms with Crippen molar-refractivity contribution in [2.24, 2.45) is 0 Å². The lowest BCUT2D eigenvalue weighted by molar-refractivity contribution is 0.0434. The van der Waals surface area contributed by atoms with Gasteiger partial charge in [-0.05, 0) is 59.7 Å².